The number of anilines is 2. The third-order valence-corrected chi connectivity index (χ3v) is 5.13. The summed E-state index contributed by atoms with van der Waals surface area (Å²) in [7, 11) is -2.00. The van der Waals surface area contributed by atoms with E-state index in [-0.39, 0.29) is 6.54 Å². The minimum absolute atomic E-state index is 0.296. The van der Waals surface area contributed by atoms with Crippen LogP contribution in [0.3, 0.4) is 0 Å². The van der Waals surface area contributed by atoms with Gasteiger partial charge < -0.3 is 10.1 Å². The summed E-state index contributed by atoms with van der Waals surface area (Å²) in [5.74, 6) is -0.414. The van der Waals surface area contributed by atoms with Gasteiger partial charge in [0.2, 0.25) is 15.9 Å². The molecule has 140 valence electrons. The molecule has 26 heavy (non-hydrogen) atoms. The number of carbonyl (C=O) groups is 1. The topological polar surface area (TPSA) is 75.7 Å². The fraction of sp³-hybridized carbons (Fsp3) is 0.316. The van der Waals surface area contributed by atoms with Gasteiger partial charge in [0, 0.05) is 12.8 Å². The van der Waals surface area contributed by atoms with Crippen LogP contribution in [0.4, 0.5) is 11.4 Å². The quantitative estimate of drug-likeness (QED) is 0.806. The average Bonchev–Trinajstić information content (AvgIpc) is 2.55. The molecule has 2 rings (SSSR count). The summed E-state index contributed by atoms with van der Waals surface area (Å²) in [4.78, 5) is 12.4. The molecule has 0 atom stereocenters. The van der Waals surface area contributed by atoms with Crippen molar-refractivity contribution in [2.24, 2.45) is 0 Å². The summed E-state index contributed by atoms with van der Waals surface area (Å²) in [5.41, 5.74) is 4.00. The van der Waals surface area contributed by atoms with Gasteiger partial charge >= 0.3 is 0 Å². The highest BCUT2D eigenvalue weighted by molar-refractivity contribution is 7.92. The third-order valence-electron chi connectivity index (χ3n) is 3.99. The predicted molar refractivity (Wildman–Crippen MR) is 104 cm³/mol. The Hall–Kier alpha value is -2.38. The fourth-order valence-corrected chi connectivity index (χ4v) is 3.37. The van der Waals surface area contributed by atoms with Gasteiger partial charge in [0.25, 0.3) is 0 Å². The molecule has 1 N–H and O–H groups in total. The van der Waals surface area contributed by atoms with E-state index in [2.05, 4.69) is 5.32 Å². The van der Waals surface area contributed by atoms with E-state index in [4.69, 9.17) is 4.74 Å². The highest BCUT2D eigenvalue weighted by atomic mass is 32.2. The number of benzene rings is 2. The Labute approximate surface area is 154 Å². The molecule has 0 aromatic heterocycles. The van der Waals surface area contributed by atoms with E-state index in [1.165, 1.54) is 0 Å². The lowest BCUT2D eigenvalue weighted by Crippen LogP contribution is -2.37. The number of hydrogen-bond acceptors (Lipinski definition) is 4. The number of nitrogens with one attached hydrogen (secondary N) is 1. The molecule has 2 aromatic rings. The van der Waals surface area contributed by atoms with Gasteiger partial charge in [-0.1, -0.05) is 18.2 Å². The van der Waals surface area contributed by atoms with Gasteiger partial charge in [-0.15, -0.1) is 0 Å². The first-order chi connectivity index (χ1) is 12.2. The van der Waals surface area contributed by atoms with Gasteiger partial charge in [-0.3, -0.25) is 9.10 Å². The molecule has 0 aliphatic carbocycles. The SMILES string of the molecule is COCc1cccc(NC(=O)CN(c2ccc(C)c(C)c2)S(C)(=O)=O)c1. The molecule has 0 spiro atoms. The van der Waals surface area contributed by atoms with Crippen LogP contribution in [0.1, 0.15) is 16.7 Å². The zero-order valence-corrected chi connectivity index (χ0v) is 16.3. The van der Waals surface area contributed by atoms with Crippen LogP contribution in [0.2, 0.25) is 0 Å². The number of hydrogen-bond donors (Lipinski definition) is 1. The van der Waals surface area contributed by atoms with Crippen molar-refractivity contribution in [2.45, 2.75) is 20.5 Å². The number of rotatable bonds is 7. The van der Waals surface area contributed by atoms with Gasteiger partial charge in [0.05, 0.1) is 18.6 Å². The number of methoxy groups -OCH3 is 1. The summed E-state index contributed by atoms with van der Waals surface area (Å²) in [6, 6.07) is 12.5. The number of sulfonamides is 1. The molecule has 7 heteroatoms. The molecule has 0 saturated carbocycles. The van der Waals surface area contributed by atoms with Gasteiger partial charge in [0.15, 0.2) is 0 Å². The van der Waals surface area contributed by atoms with Crippen molar-refractivity contribution >= 4 is 27.3 Å². The largest absolute Gasteiger partial charge is 0.380 e. The highest BCUT2D eigenvalue weighted by Crippen LogP contribution is 2.21. The van der Waals surface area contributed by atoms with Crippen molar-refractivity contribution < 1.29 is 17.9 Å². The van der Waals surface area contributed by atoms with E-state index in [1.807, 2.05) is 32.0 Å². The van der Waals surface area contributed by atoms with E-state index in [1.54, 1.807) is 31.4 Å². The molecule has 2 aromatic carbocycles. The van der Waals surface area contributed by atoms with Crippen molar-refractivity contribution in [3.63, 3.8) is 0 Å². The van der Waals surface area contributed by atoms with Crippen molar-refractivity contribution in [1.29, 1.82) is 0 Å². The Balaban J connectivity index is 2.19. The molecule has 0 aliphatic rings. The van der Waals surface area contributed by atoms with Crippen LogP contribution in [-0.4, -0.2) is 34.2 Å². The summed E-state index contributed by atoms with van der Waals surface area (Å²) in [6.07, 6.45) is 1.09. The first-order valence-corrected chi connectivity index (χ1v) is 9.98. The first kappa shape index (κ1) is 19.9. The summed E-state index contributed by atoms with van der Waals surface area (Å²) >= 11 is 0. The second-order valence-electron chi connectivity index (χ2n) is 6.22. The van der Waals surface area contributed by atoms with E-state index >= 15 is 0 Å². The van der Waals surface area contributed by atoms with Gasteiger partial charge in [0.1, 0.15) is 6.54 Å². The molecular weight excluding hydrogens is 352 g/mol. The van der Waals surface area contributed by atoms with Gasteiger partial charge in [-0.2, -0.15) is 0 Å². The second-order valence-corrected chi connectivity index (χ2v) is 8.13. The van der Waals surface area contributed by atoms with Crippen LogP contribution in [0, 0.1) is 13.8 Å². The predicted octanol–water partition coefficient (Wildman–Crippen LogP) is 2.85. The average molecular weight is 376 g/mol. The lowest BCUT2D eigenvalue weighted by molar-refractivity contribution is -0.114. The lowest BCUT2D eigenvalue weighted by atomic mass is 10.1. The normalized spacial score (nSPS) is 11.2. The molecule has 1 amide bonds. The Bertz CT molecular complexity index is 894. The van der Waals surface area contributed by atoms with E-state index in [9.17, 15) is 13.2 Å². The number of ether oxygens (including phenoxy) is 1. The smallest absolute Gasteiger partial charge is 0.245 e. The molecule has 0 aliphatic heterocycles. The van der Waals surface area contributed by atoms with Crippen LogP contribution in [-0.2, 0) is 26.2 Å². The molecule has 0 unspecified atom stereocenters. The molecular formula is C19H24N2O4S. The minimum Gasteiger partial charge on any atom is -0.380 e. The number of nitrogens with zero attached hydrogens (tertiary/aromatic N) is 1. The minimum atomic E-state index is -3.60. The Morgan fingerprint density at radius 3 is 2.46 bits per heavy atom. The van der Waals surface area contributed by atoms with Crippen molar-refractivity contribution in [3.05, 3.63) is 59.2 Å². The Morgan fingerprint density at radius 1 is 1.12 bits per heavy atom. The third kappa shape index (κ3) is 5.31. The summed E-state index contributed by atoms with van der Waals surface area (Å²) in [6.45, 7) is 3.99. The van der Waals surface area contributed by atoms with Crippen LogP contribution in [0.25, 0.3) is 0 Å². The first-order valence-electron chi connectivity index (χ1n) is 8.13. The fourth-order valence-electron chi connectivity index (χ4n) is 2.52. The highest BCUT2D eigenvalue weighted by Gasteiger charge is 2.21. The van der Waals surface area contributed by atoms with Gasteiger partial charge in [-0.05, 0) is 54.8 Å². The maximum Gasteiger partial charge on any atom is 0.245 e. The molecule has 0 saturated heterocycles. The molecule has 0 bridgehead atoms. The molecule has 6 nitrogen and oxygen atoms in total. The number of carbonyl (C=O) groups excluding carboxylic acids is 1. The molecule has 0 fully saturated rings. The summed E-state index contributed by atoms with van der Waals surface area (Å²) in [5, 5.41) is 2.74. The van der Waals surface area contributed by atoms with Crippen LogP contribution in [0.5, 0.6) is 0 Å². The van der Waals surface area contributed by atoms with Crippen LogP contribution >= 0.6 is 0 Å². The monoisotopic (exact) mass is 376 g/mol. The Morgan fingerprint density at radius 2 is 1.85 bits per heavy atom. The second kappa shape index (κ2) is 8.33. The van der Waals surface area contributed by atoms with E-state index < -0.39 is 15.9 Å². The number of amides is 1. The Kier molecular flexibility index (Phi) is 6.39. The van der Waals surface area contributed by atoms with Crippen LogP contribution in [0.15, 0.2) is 42.5 Å². The maximum absolute atomic E-state index is 12.4. The lowest BCUT2D eigenvalue weighted by Gasteiger charge is -2.22. The zero-order valence-electron chi connectivity index (χ0n) is 15.4. The molecule has 0 radical (unpaired) electrons. The standard InChI is InChI=1S/C19H24N2O4S/c1-14-8-9-18(10-15(14)2)21(26(4,23)24)12-19(22)20-17-7-5-6-16(11-17)13-25-3/h5-11H,12-13H2,1-4H3,(H,20,22). The van der Waals surface area contributed by atoms with Crippen molar-refractivity contribution in [2.75, 3.05) is 29.5 Å². The van der Waals surface area contributed by atoms with Crippen LogP contribution < -0.4 is 9.62 Å². The summed E-state index contributed by atoms with van der Waals surface area (Å²) < 4.78 is 30.5. The van der Waals surface area contributed by atoms with Crippen molar-refractivity contribution in [3.8, 4) is 0 Å². The maximum atomic E-state index is 12.4. The van der Waals surface area contributed by atoms with Gasteiger partial charge in [-0.25, -0.2) is 8.42 Å². The van der Waals surface area contributed by atoms with E-state index in [0.29, 0.717) is 18.0 Å². The zero-order chi connectivity index (χ0) is 19.3. The molecule has 0 heterocycles. The number of aryl methyl sites for hydroxylation is 2. The van der Waals surface area contributed by atoms with E-state index in [0.717, 1.165) is 27.3 Å². The van der Waals surface area contributed by atoms with Crippen molar-refractivity contribution in [1.82, 2.24) is 0 Å².